The van der Waals surface area contributed by atoms with E-state index in [1.807, 2.05) is 18.2 Å². The molecule has 0 spiro atoms. The molecule has 0 aromatic heterocycles. The van der Waals surface area contributed by atoms with Gasteiger partial charge in [-0.25, -0.2) is 0 Å². The normalized spacial score (nSPS) is 30.8. The molecule has 21 heavy (non-hydrogen) atoms. The van der Waals surface area contributed by atoms with E-state index in [1.54, 1.807) is 0 Å². The minimum Gasteiger partial charge on any atom is -0.311 e. The van der Waals surface area contributed by atoms with E-state index >= 15 is 0 Å². The largest absolute Gasteiger partial charge is 0.311 e. The first-order chi connectivity index (χ1) is 10.3. The molecule has 3 aliphatic heterocycles. The Balaban J connectivity index is 1.50. The number of benzene rings is 1. The average Bonchev–Trinajstić information content (AvgIpc) is 2.55. The molecule has 3 aliphatic rings. The van der Waals surface area contributed by atoms with Crippen molar-refractivity contribution >= 4 is 0 Å². The first-order valence-corrected chi connectivity index (χ1v) is 7.86. The monoisotopic (exact) mass is 281 g/mol. The molecule has 0 aliphatic carbocycles. The highest BCUT2D eigenvalue weighted by Crippen LogP contribution is 2.36. The van der Waals surface area contributed by atoms with E-state index in [-0.39, 0.29) is 0 Å². The molecule has 3 fully saturated rings. The number of nitriles is 1. The first kappa shape index (κ1) is 14.3. The van der Waals surface area contributed by atoms with Crippen molar-refractivity contribution in [1.29, 1.82) is 5.26 Å². The maximum Gasteiger partial charge on any atom is 0.0991 e. The summed E-state index contributed by atoms with van der Waals surface area (Å²) < 4.78 is 0. The molecule has 1 aromatic rings. The lowest BCUT2D eigenvalue weighted by Crippen LogP contribution is -2.55. The second-order valence-electron chi connectivity index (χ2n) is 6.28. The van der Waals surface area contributed by atoms with Gasteiger partial charge in [0.2, 0.25) is 0 Å². The van der Waals surface area contributed by atoms with E-state index in [4.69, 9.17) is 5.26 Å². The van der Waals surface area contributed by atoms with Crippen LogP contribution >= 0.6 is 0 Å². The van der Waals surface area contributed by atoms with Crippen molar-refractivity contribution in [3.05, 3.63) is 48.0 Å². The zero-order chi connectivity index (χ0) is 14.7. The van der Waals surface area contributed by atoms with Crippen molar-refractivity contribution in [2.75, 3.05) is 19.6 Å². The third-order valence-electron chi connectivity index (χ3n) is 5.00. The minimum atomic E-state index is 0.666. The van der Waals surface area contributed by atoms with Gasteiger partial charge in [-0.2, -0.15) is 5.26 Å². The van der Waals surface area contributed by atoms with Crippen LogP contribution < -0.4 is 5.32 Å². The van der Waals surface area contributed by atoms with Gasteiger partial charge in [0.1, 0.15) is 0 Å². The fourth-order valence-corrected chi connectivity index (χ4v) is 3.79. The maximum absolute atomic E-state index is 8.93. The quantitative estimate of drug-likeness (QED) is 0.843. The smallest absolute Gasteiger partial charge is 0.0991 e. The van der Waals surface area contributed by atoms with Crippen molar-refractivity contribution in [2.24, 2.45) is 11.8 Å². The van der Waals surface area contributed by atoms with Crippen molar-refractivity contribution in [2.45, 2.75) is 25.4 Å². The van der Waals surface area contributed by atoms with E-state index in [1.165, 1.54) is 31.5 Å². The second kappa shape index (κ2) is 6.43. The SMILES string of the molecule is C=C[C@@H]1CN2CC[C@H]1C[C@@H]2CNCc1cccc(C#N)c1. The third-order valence-corrected chi connectivity index (χ3v) is 5.00. The van der Waals surface area contributed by atoms with Crippen LogP contribution in [0.25, 0.3) is 0 Å². The Kier molecular flexibility index (Phi) is 4.38. The summed E-state index contributed by atoms with van der Waals surface area (Å²) in [6, 6.07) is 10.7. The van der Waals surface area contributed by atoms with Crippen LogP contribution in [-0.4, -0.2) is 30.6 Å². The molecule has 2 bridgehead atoms. The summed E-state index contributed by atoms with van der Waals surface area (Å²) in [6.45, 7) is 8.29. The van der Waals surface area contributed by atoms with Crippen LogP contribution in [0.4, 0.5) is 0 Å². The number of rotatable bonds is 5. The van der Waals surface area contributed by atoms with Gasteiger partial charge in [-0.05, 0) is 48.9 Å². The number of nitrogens with one attached hydrogen (secondary N) is 1. The highest BCUT2D eigenvalue weighted by molar-refractivity contribution is 5.32. The number of fused-ring (bicyclic) bond motifs is 3. The molecular formula is C18H23N3. The average molecular weight is 281 g/mol. The molecule has 3 nitrogen and oxygen atoms in total. The molecule has 3 saturated heterocycles. The van der Waals surface area contributed by atoms with Gasteiger partial charge in [-0.1, -0.05) is 18.2 Å². The van der Waals surface area contributed by atoms with Crippen LogP contribution in [-0.2, 0) is 6.54 Å². The lowest BCUT2D eigenvalue weighted by Gasteiger charge is -2.49. The Morgan fingerprint density at radius 2 is 2.38 bits per heavy atom. The number of piperidine rings is 3. The molecule has 4 atom stereocenters. The number of hydrogen-bond acceptors (Lipinski definition) is 3. The fraction of sp³-hybridized carbons (Fsp3) is 0.500. The number of nitrogens with zero attached hydrogens (tertiary/aromatic N) is 2. The third kappa shape index (κ3) is 3.18. The summed E-state index contributed by atoms with van der Waals surface area (Å²) in [6.07, 6.45) is 4.77. The molecule has 1 unspecified atom stereocenters. The molecule has 0 saturated carbocycles. The molecule has 3 heterocycles. The summed E-state index contributed by atoms with van der Waals surface area (Å²) in [5, 5.41) is 12.5. The Hall–Kier alpha value is -1.63. The Morgan fingerprint density at radius 1 is 1.48 bits per heavy atom. The van der Waals surface area contributed by atoms with Crippen LogP contribution in [0.5, 0.6) is 0 Å². The summed E-state index contributed by atoms with van der Waals surface area (Å²) in [4.78, 5) is 2.62. The fourth-order valence-electron chi connectivity index (χ4n) is 3.79. The van der Waals surface area contributed by atoms with Crippen LogP contribution in [0.15, 0.2) is 36.9 Å². The molecule has 0 amide bonds. The number of hydrogen-bond donors (Lipinski definition) is 1. The van der Waals surface area contributed by atoms with Gasteiger partial charge in [0.25, 0.3) is 0 Å². The van der Waals surface area contributed by atoms with E-state index in [0.717, 1.165) is 24.6 Å². The van der Waals surface area contributed by atoms with E-state index in [0.29, 0.717) is 12.0 Å². The topological polar surface area (TPSA) is 39.1 Å². The Labute approximate surface area is 127 Å². The van der Waals surface area contributed by atoms with Gasteiger partial charge in [0.05, 0.1) is 11.6 Å². The summed E-state index contributed by atoms with van der Waals surface area (Å²) >= 11 is 0. The Bertz CT molecular complexity index is 546. The minimum absolute atomic E-state index is 0.666. The van der Waals surface area contributed by atoms with Crippen LogP contribution in [0.2, 0.25) is 0 Å². The second-order valence-corrected chi connectivity index (χ2v) is 6.28. The zero-order valence-corrected chi connectivity index (χ0v) is 12.5. The van der Waals surface area contributed by atoms with Gasteiger partial charge < -0.3 is 5.32 Å². The molecule has 110 valence electrons. The van der Waals surface area contributed by atoms with Gasteiger partial charge >= 0.3 is 0 Å². The lowest BCUT2D eigenvalue weighted by atomic mass is 9.75. The molecule has 0 radical (unpaired) electrons. The van der Waals surface area contributed by atoms with Gasteiger partial charge in [-0.15, -0.1) is 6.58 Å². The van der Waals surface area contributed by atoms with Crippen LogP contribution in [0.1, 0.15) is 24.0 Å². The predicted octanol–water partition coefficient (Wildman–Crippen LogP) is 2.54. The van der Waals surface area contributed by atoms with Crippen LogP contribution in [0.3, 0.4) is 0 Å². The lowest BCUT2D eigenvalue weighted by molar-refractivity contribution is 0.0195. The van der Waals surface area contributed by atoms with Crippen molar-refractivity contribution in [3.63, 3.8) is 0 Å². The molecular weight excluding hydrogens is 258 g/mol. The van der Waals surface area contributed by atoms with Crippen LogP contribution in [0, 0.1) is 23.2 Å². The summed E-state index contributed by atoms with van der Waals surface area (Å²) in [7, 11) is 0. The zero-order valence-electron chi connectivity index (χ0n) is 12.5. The van der Waals surface area contributed by atoms with E-state index in [2.05, 4.69) is 35.0 Å². The maximum atomic E-state index is 8.93. The van der Waals surface area contributed by atoms with E-state index in [9.17, 15) is 0 Å². The van der Waals surface area contributed by atoms with Crippen molar-refractivity contribution in [3.8, 4) is 6.07 Å². The predicted molar refractivity (Wildman–Crippen MR) is 84.6 cm³/mol. The van der Waals surface area contributed by atoms with Gasteiger partial charge in [-0.3, -0.25) is 4.90 Å². The standard InChI is InChI=1S/C18H23N3/c1-2-16-13-21-7-6-17(16)9-18(21)12-20-11-15-5-3-4-14(8-15)10-19/h2-5,8,16-18,20H,1,6-7,9,11-13H2/t16-,17+,18-/m1/s1. The molecule has 3 heteroatoms. The summed E-state index contributed by atoms with van der Waals surface area (Å²) in [5.74, 6) is 1.53. The molecule has 1 aromatic carbocycles. The van der Waals surface area contributed by atoms with Crippen molar-refractivity contribution in [1.82, 2.24) is 10.2 Å². The van der Waals surface area contributed by atoms with E-state index < -0.39 is 0 Å². The highest BCUT2D eigenvalue weighted by atomic mass is 15.2. The highest BCUT2D eigenvalue weighted by Gasteiger charge is 2.38. The first-order valence-electron chi connectivity index (χ1n) is 7.86. The Morgan fingerprint density at radius 3 is 3.10 bits per heavy atom. The molecule has 4 rings (SSSR count). The molecule has 1 N–H and O–H groups in total. The van der Waals surface area contributed by atoms with Gasteiger partial charge in [0.15, 0.2) is 0 Å². The summed E-state index contributed by atoms with van der Waals surface area (Å²) in [5.41, 5.74) is 1.93. The van der Waals surface area contributed by atoms with Crippen molar-refractivity contribution < 1.29 is 0 Å². The van der Waals surface area contributed by atoms with Gasteiger partial charge in [0, 0.05) is 25.7 Å².